The molecule has 0 saturated heterocycles. The molecule has 4 nitrogen and oxygen atoms in total. The van der Waals surface area contributed by atoms with Crippen molar-refractivity contribution in [2.45, 2.75) is 31.7 Å². The molecule has 19 heavy (non-hydrogen) atoms. The van der Waals surface area contributed by atoms with E-state index in [1.807, 2.05) is 31.2 Å². The van der Waals surface area contributed by atoms with E-state index < -0.39 is 5.54 Å². The van der Waals surface area contributed by atoms with E-state index in [4.69, 9.17) is 9.47 Å². The van der Waals surface area contributed by atoms with Gasteiger partial charge in [-0.3, -0.25) is 0 Å². The molecule has 1 atom stereocenters. The molecule has 0 bridgehead atoms. The topological polar surface area (TPSA) is 47.6 Å². The van der Waals surface area contributed by atoms with Crippen LogP contribution in [0.2, 0.25) is 0 Å². The van der Waals surface area contributed by atoms with Crippen molar-refractivity contribution >= 4 is 11.7 Å². The molecule has 0 heterocycles. The SMILES string of the molecule is CCC(Nc1ccc(OC)cc1)(C(=O)OC)C1CC1. The van der Waals surface area contributed by atoms with Crippen LogP contribution in [-0.4, -0.2) is 25.7 Å². The minimum Gasteiger partial charge on any atom is -0.497 e. The second kappa shape index (κ2) is 5.51. The molecule has 0 amide bonds. The number of methoxy groups -OCH3 is 2. The Morgan fingerprint density at radius 1 is 1.32 bits per heavy atom. The van der Waals surface area contributed by atoms with Crippen molar-refractivity contribution in [1.29, 1.82) is 0 Å². The van der Waals surface area contributed by atoms with Crippen molar-refractivity contribution in [2.75, 3.05) is 19.5 Å². The maximum absolute atomic E-state index is 12.2. The van der Waals surface area contributed by atoms with Crippen molar-refractivity contribution < 1.29 is 14.3 Å². The Morgan fingerprint density at radius 2 is 1.95 bits per heavy atom. The molecule has 0 aromatic heterocycles. The van der Waals surface area contributed by atoms with Gasteiger partial charge in [-0.15, -0.1) is 0 Å². The number of hydrogen-bond donors (Lipinski definition) is 1. The standard InChI is InChI=1S/C15H21NO3/c1-4-15(11-5-6-11,14(17)19-3)16-12-7-9-13(18-2)10-8-12/h7-11,16H,4-6H2,1-3H3. The van der Waals surface area contributed by atoms with Gasteiger partial charge in [0.05, 0.1) is 14.2 Å². The zero-order valence-electron chi connectivity index (χ0n) is 11.7. The van der Waals surface area contributed by atoms with Gasteiger partial charge in [0.2, 0.25) is 0 Å². The van der Waals surface area contributed by atoms with Gasteiger partial charge in [-0.05, 0) is 49.4 Å². The summed E-state index contributed by atoms with van der Waals surface area (Å²) < 4.78 is 10.1. The summed E-state index contributed by atoms with van der Waals surface area (Å²) in [5.74, 6) is 0.998. The maximum atomic E-state index is 12.2. The first kappa shape index (κ1) is 13.7. The van der Waals surface area contributed by atoms with Crippen molar-refractivity contribution in [2.24, 2.45) is 5.92 Å². The Bertz CT molecular complexity index is 439. The summed E-state index contributed by atoms with van der Waals surface area (Å²) in [6.45, 7) is 2.02. The van der Waals surface area contributed by atoms with Crippen LogP contribution in [0.15, 0.2) is 24.3 Å². The van der Waals surface area contributed by atoms with Gasteiger partial charge in [-0.1, -0.05) is 6.92 Å². The molecular formula is C15H21NO3. The molecular weight excluding hydrogens is 242 g/mol. The van der Waals surface area contributed by atoms with Crippen molar-refractivity contribution in [3.05, 3.63) is 24.3 Å². The number of nitrogens with one attached hydrogen (secondary N) is 1. The van der Waals surface area contributed by atoms with Crippen LogP contribution in [0.4, 0.5) is 5.69 Å². The Labute approximate surface area is 114 Å². The second-order valence-electron chi connectivity index (χ2n) is 4.94. The molecule has 4 heteroatoms. The first-order valence-corrected chi connectivity index (χ1v) is 6.67. The normalized spacial score (nSPS) is 17.4. The van der Waals surface area contributed by atoms with E-state index in [9.17, 15) is 4.79 Å². The molecule has 2 rings (SSSR count). The summed E-state index contributed by atoms with van der Waals surface area (Å²) >= 11 is 0. The van der Waals surface area contributed by atoms with E-state index in [2.05, 4.69) is 5.32 Å². The molecule has 0 spiro atoms. The largest absolute Gasteiger partial charge is 0.497 e. The van der Waals surface area contributed by atoms with Crippen molar-refractivity contribution in [3.8, 4) is 5.75 Å². The highest BCUT2D eigenvalue weighted by Crippen LogP contribution is 2.44. The Balaban J connectivity index is 2.21. The number of benzene rings is 1. The van der Waals surface area contributed by atoms with E-state index in [0.717, 1.165) is 30.7 Å². The number of esters is 1. The zero-order chi connectivity index (χ0) is 13.9. The lowest BCUT2D eigenvalue weighted by Gasteiger charge is -2.32. The minimum atomic E-state index is -0.594. The number of ether oxygens (including phenoxy) is 2. The number of rotatable bonds is 6. The molecule has 1 aliphatic rings. The predicted molar refractivity (Wildman–Crippen MR) is 74.4 cm³/mol. The van der Waals surface area contributed by atoms with E-state index >= 15 is 0 Å². The van der Waals surface area contributed by atoms with Gasteiger partial charge in [0, 0.05) is 5.69 Å². The third-order valence-corrected chi connectivity index (χ3v) is 3.84. The monoisotopic (exact) mass is 263 g/mol. The van der Waals surface area contributed by atoms with Crippen LogP contribution in [-0.2, 0) is 9.53 Å². The van der Waals surface area contributed by atoms with E-state index in [1.165, 1.54) is 7.11 Å². The van der Waals surface area contributed by atoms with Crippen LogP contribution < -0.4 is 10.1 Å². The number of hydrogen-bond acceptors (Lipinski definition) is 4. The molecule has 1 aromatic rings. The van der Waals surface area contributed by atoms with Crippen LogP contribution >= 0.6 is 0 Å². The summed E-state index contributed by atoms with van der Waals surface area (Å²) in [5, 5.41) is 3.38. The molecule has 1 saturated carbocycles. The van der Waals surface area contributed by atoms with Gasteiger partial charge >= 0.3 is 5.97 Å². The lowest BCUT2D eigenvalue weighted by atomic mass is 9.89. The van der Waals surface area contributed by atoms with Crippen LogP contribution in [0.3, 0.4) is 0 Å². The van der Waals surface area contributed by atoms with E-state index in [-0.39, 0.29) is 5.97 Å². The Kier molecular flexibility index (Phi) is 3.98. The third kappa shape index (κ3) is 2.67. The average molecular weight is 263 g/mol. The van der Waals surface area contributed by atoms with Gasteiger partial charge in [0.25, 0.3) is 0 Å². The molecule has 1 aromatic carbocycles. The second-order valence-corrected chi connectivity index (χ2v) is 4.94. The average Bonchev–Trinajstić information content (AvgIpc) is 3.29. The predicted octanol–water partition coefficient (Wildman–Crippen LogP) is 2.84. The summed E-state index contributed by atoms with van der Waals surface area (Å²) in [7, 11) is 3.09. The Morgan fingerprint density at radius 3 is 2.37 bits per heavy atom. The fourth-order valence-corrected chi connectivity index (χ4v) is 2.53. The van der Waals surface area contributed by atoms with Crippen LogP contribution in [0.1, 0.15) is 26.2 Å². The third-order valence-electron chi connectivity index (χ3n) is 3.84. The smallest absolute Gasteiger partial charge is 0.331 e. The number of carbonyl (C=O) groups is 1. The maximum Gasteiger partial charge on any atom is 0.331 e. The van der Waals surface area contributed by atoms with Gasteiger partial charge in [-0.2, -0.15) is 0 Å². The summed E-state index contributed by atoms with van der Waals surface area (Å²) in [6, 6.07) is 7.61. The van der Waals surface area contributed by atoms with Gasteiger partial charge in [0.15, 0.2) is 0 Å². The molecule has 0 aliphatic heterocycles. The van der Waals surface area contributed by atoms with Gasteiger partial charge < -0.3 is 14.8 Å². The van der Waals surface area contributed by atoms with Gasteiger partial charge in [0.1, 0.15) is 11.3 Å². The van der Waals surface area contributed by atoms with E-state index in [0.29, 0.717) is 5.92 Å². The number of carbonyl (C=O) groups excluding carboxylic acids is 1. The quantitative estimate of drug-likeness (QED) is 0.802. The highest BCUT2D eigenvalue weighted by molar-refractivity contribution is 5.85. The first-order valence-electron chi connectivity index (χ1n) is 6.67. The molecule has 1 aliphatic carbocycles. The molecule has 1 fully saturated rings. The lowest BCUT2D eigenvalue weighted by molar-refractivity contribution is -0.147. The van der Waals surface area contributed by atoms with E-state index in [1.54, 1.807) is 7.11 Å². The summed E-state index contributed by atoms with van der Waals surface area (Å²) in [4.78, 5) is 12.2. The fraction of sp³-hybridized carbons (Fsp3) is 0.533. The summed E-state index contributed by atoms with van der Waals surface area (Å²) in [6.07, 6.45) is 2.87. The highest BCUT2D eigenvalue weighted by atomic mass is 16.5. The Hall–Kier alpha value is -1.71. The first-order chi connectivity index (χ1) is 9.16. The molecule has 1 unspecified atom stereocenters. The minimum absolute atomic E-state index is 0.173. The van der Waals surface area contributed by atoms with Crippen LogP contribution in [0.5, 0.6) is 5.75 Å². The number of anilines is 1. The van der Waals surface area contributed by atoms with Crippen molar-refractivity contribution in [1.82, 2.24) is 0 Å². The van der Waals surface area contributed by atoms with Crippen LogP contribution in [0.25, 0.3) is 0 Å². The molecule has 1 N–H and O–H groups in total. The fourth-order valence-electron chi connectivity index (χ4n) is 2.53. The zero-order valence-corrected chi connectivity index (χ0v) is 11.7. The molecule has 0 radical (unpaired) electrons. The van der Waals surface area contributed by atoms with Crippen molar-refractivity contribution in [3.63, 3.8) is 0 Å². The lowest BCUT2D eigenvalue weighted by Crippen LogP contribution is -2.48. The highest BCUT2D eigenvalue weighted by Gasteiger charge is 2.50. The van der Waals surface area contributed by atoms with Crippen LogP contribution in [0, 0.1) is 5.92 Å². The molecule has 104 valence electrons. The van der Waals surface area contributed by atoms with Gasteiger partial charge in [-0.25, -0.2) is 4.79 Å². The summed E-state index contributed by atoms with van der Waals surface area (Å²) in [5.41, 5.74) is 0.323.